The van der Waals surface area contributed by atoms with Crippen LogP contribution in [-0.4, -0.2) is 50.8 Å². The van der Waals surface area contributed by atoms with Crippen molar-refractivity contribution in [3.05, 3.63) is 47.4 Å². The molecule has 1 amide bonds. The molecule has 8 heteroatoms. The summed E-state index contributed by atoms with van der Waals surface area (Å²) in [5.41, 5.74) is 2.41. The van der Waals surface area contributed by atoms with Gasteiger partial charge in [-0.25, -0.2) is 9.97 Å². The molecule has 0 saturated heterocycles. The van der Waals surface area contributed by atoms with Crippen LogP contribution in [0, 0.1) is 0 Å². The molecule has 1 aromatic heterocycles. The number of hydrogen-bond donors (Lipinski definition) is 5. The first-order chi connectivity index (χ1) is 14.6. The van der Waals surface area contributed by atoms with Crippen LogP contribution in [0.4, 0.5) is 5.82 Å². The predicted molar refractivity (Wildman–Crippen MR) is 113 cm³/mol. The molecular formula is C22H29N5O3. The fourth-order valence-electron chi connectivity index (χ4n) is 4.24. The third-order valence-corrected chi connectivity index (χ3v) is 5.98. The Hall–Kier alpha value is -2.71. The summed E-state index contributed by atoms with van der Waals surface area (Å²) in [6, 6.07) is 7.16. The van der Waals surface area contributed by atoms with Crippen molar-refractivity contribution in [2.75, 3.05) is 11.9 Å². The van der Waals surface area contributed by atoms with Crippen molar-refractivity contribution in [3.63, 3.8) is 0 Å². The maximum Gasteiger partial charge on any atom is 0.270 e. The minimum absolute atomic E-state index is 0.124. The number of phenols is 1. The normalized spacial score (nSPS) is 20.2. The third kappa shape index (κ3) is 5.06. The van der Waals surface area contributed by atoms with E-state index >= 15 is 0 Å². The molecule has 160 valence electrons. The molecule has 5 N–H and O–H groups in total. The van der Waals surface area contributed by atoms with Crippen molar-refractivity contribution in [3.8, 4) is 5.75 Å². The zero-order chi connectivity index (χ0) is 20.9. The molecule has 30 heavy (non-hydrogen) atoms. The van der Waals surface area contributed by atoms with Crippen LogP contribution >= 0.6 is 0 Å². The van der Waals surface area contributed by atoms with E-state index in [1.807, 2.05) is 6.07 Å². The Bertz CT molecular complexity index is 885. The number of carbonyl (C=O) groups excluding carboxylic acids is 1. The van der Waals surface area contributed by atoms with Gasteiger partial charge in [0.05, 0.1) is 6.10 Å². The maximum absolute atomic E-state index is 12.5. The number of aromatic hydroxyl groups is 1. The fraction of sp³-hybridized carbons (Fsp3) is 0.500. The zero-order valence-corrected chi connectivity index (χ0v) is 17.0. The van der Waals surface area contributed by atoms with Crippen molar-refractivity contribution in [1.82, 2.24) is 20.6 Å². The second-order valence-corrected chi connectivity index (χ2v) is 8.19. The van der Waals surface area contributed by atoms with Crippen molar-refractivity contribution >= 4 is 11.7 Å². The van der Waals surface area contributed by atoms with Crippen LogP contribution in [-0.2, 0) is 13.0 Å². The molecular weight excluding hydrogens is 382 g/mol. The van der Waals surface area contributed by atoms with Gasteiger partial charge in [-0.05, 0) is 42.5 Å². The molecule has 1 fully saturated rings. The summed E-state index contributed by atoms with van der Waals surface area (Å²) in [5, 5.41) is 29.6. The summed E-state index contributed by atoms with van der Waals surface area (Å²) >= 11 is 0. The van der Waals surface area contributed by atoms with Gasteiger partial charge >= 0.3 is 0 Å². The lowest BCUT2D eigenvalue weighted by molar-refractivity contribution is 0.0865. The van der Waals surface area contributed by atoms with Gasteiger partial charge < -0.3 is 26.2 Å². The van der Waals surface area contributed by atoms with Gasteiger partial charge in [0.15, 0.2) is 0 Å². The summed E-state index contributed by atoms with van der Waals surface area (Å²) in [7, 11) is 0. The molecule has 2 atom stereocenters. The maximum atomic E-state index is 12.5. The van der Waals surface area contributed by atoms with Crippen LogP contribution < -0.4 is 16.0 Å². The van der Waals surface area contributed by atoms with E-state index in [0.717, 1.165) is 24.0 Å². The van der Waals surface area contributed by atoms with Gasteiger partial charge in [0.2, 0.25) is 0 Å². The lowest BCUT2D eigenvalue weighted by Crippen LogP contribution is -2.49. The average molecular weight is 412 g/mol. The van der Waals surface area contributed by atoms with Gasteiger partial charge in [-0.2, -0.15) is 0 Å². The Kier molecular flexibility index (Phi) is 6.44. The number of benzene rings is 1. The summed E-state index contributed by atoms with van der Waals surface area (Å²) in [5.74, 6) is 0.574. The number of amides is 1. The van der Waals surface area contributed by atoms with Gasteiger partial charge in [-0.1, -0.05) is 25.3 Å². The first kappa shape index (κ1) is 20.6. The highest BCUT2D eigenvalue weighted by molar-refractivity contribution is 5.92. The third-order valence-electron chi connectivity index (χ3n) is 5.98. The number of nitrogens with one attached hydrogen (secondary N) is 3. The van der Waals surface area contributed by atoms with Gasteiger partial charge in [0.25, 0.3) is 5.91 Å². The quantitative estimate of drug-likeness (QED) is 0.491. The van der Waals surface area contributed by atoms with E-state index in [9.17, 15) is 15.0 Å². The number of fused-ring (bicyclic) bond motifs is 1. The number of aromatic nitrogens is 2. The molecule has 2 aliphatic rings. The predicted octanol–water partition coefficient (Wildman–Crippen LogP) is 1.73. The standard InChI is InChI=1S/C22H29N5O3/c28-17-7-6-14-9-18(23-11-15(14)8-17)20(29)12-24-22(30)19-10-21(26-13-25-19)27-16-4-2-1-3-5-16/h6-8,10,13,16,18,20,23,28-29H,1-5,9,11-12H2,(H,24,30)(H,25,26,27)/t18-,20+/m0/s1. The van der Waals surface area contributed by atoms with E-state index in [0.29, 0.717) is 24.8 Å². The lowest BCUT2D eigenvalue weighted by Gasteiger charge is -2.30. The summed E-state index contributed by atoms with van der Waals surface area (Å²) in [6.07, 6.45) is 7.24. The van der Waals surface area contributed by atoms with Gasteiger partial charge in [0, 0.05) is 31.2 Å². The van der Waals surface area contributed by atoms with Crippen molar-refractivity contribution < 1.29 is 15.0 Å². The van der Waals surface area contributed by atoms with E-state index in [-0.39, 0.29) is 29.9 Å². The number of nitrogens with zero attached hydrogens (tertiary/aromatic N) is 2. The number of rotatable bonds is 6. The highest BCUT2D eigenvalue weighted by Gasteiger charge is 2.25. The molecule has 0 radical (unpaired) electrons. The van der Waals surface area contributed by atoms with Crippen LogP contribution in [0.15, 0.2) is 30.6 Å². The molecule has 1 aliphatic carbocycles. The first-order valence-corrected chi connectivity index (χ1v) is 10.7. The van der Waals surface area contributed by atoms with Gasteiger partial charge in [-0.3, -0.25) is 4.79 Å². The van der Waals surface area contributed by atoms with E-state index in [1.165, 1.54) is 25.6 Å². The van der Waals surface area contributed by atoms with Gasteiger partial charge in [-0.15, -0.1) is 0 Å². The monoisotopic (exact) mass is 411 g/mol. The second-order valence-electron chi connectivity index (χ2n) is 8.19. The minimum Gasteiger partial charge on any atom is -0.508 e. The molecule has 2 aromatic rings. The van der Waals surface area contributed by atoms with E-state index in [4.69, 9.17) is 0 Å². The van der Waals surface area contributed by atoms with E-state index in [1.54, 1.807) is 18.2 Å². The number of anilines is 1. The second kappa shape index (κ2) is 9.40. The number of aliphatic hydroxyl groups excluding tert-OH is 1. The van der Waals surface area contributed by atoms with Gasteiger partial charge in [0.1, 0.15) is 23.6 Å². The number of hydrogen-bond acceptors (Lipinski definition) is 7. The Morgan fingerprint density at radius 2 is 2.00 bits per heavy atom. The Morgan fingerprint density at radius 1 is 1.17 bits per heavy atom. The summed E-state index contributed by atoms with van der Waals surface area (Å²) < 4.78 is 0. The molecule has 1 aliphatic heterocycles. The Balaban J connectivity index is 1.30. The minimum atomic E-state index is -0.738. The number of aliphatic hydroxyl groups is 1. The van der Waals surface area contributed by atoms with E-state index < -0.39 is 6.10 Å². The largest absolute Gasteiger partial charge is 0.508 e. The van der Waals surface area contributed by atoms with Crippen LogP contribution in [0.25, 0.3) is 0 Å². The van der Waals surface area contributed by atoms with Crippen LogP contribution in [0.5, 0.6) is 5.75 Å². The smallest absolute Gasteiger partial charge is 0.270 e. The molecule has 0 unspecified atom stereocenters. The first-order valence-electron chi connectivity index (χ1n) is 10.7. The number of phenolic OH excluding ortho intramolecular Hbond substituents is 1. The highest BCUT2D eigenvalue weighted by Crippen LogP contribution is 2.23. The molecule has 8 nitrogen and oxygen atoms in total. The van der Waals surface area contributed by atoms with Crippen LogP contribution in [0.2, 0.25) is 0 Å². The molecule has 1 aromatic carbocycles. The number of carbonyl (C=O) groups is 1. The van der Waals surface area contributed by atoms with Crippen molar-refractivity contribution in [1.29, 1.82) is 0 Å². The Labute approximate surface area is 176 Å². The highest BCUT2D eigenvalue weighted by atomic mass is 16.3. The summed E-state index contributed by atoms with van der Waals surface area (Å²) in [6.45, 7) is 0.695. The van der Waals surface area contributed by atoms with E-state index in [2.05, 4.69) is 25.9 Å². The molecule has 0 spiro atoms. The topological polar surface area (TPSA) is 119 Å². The van der Waals surface area contributed by atoms with Crippen LogP contribution in [0.3, 0.4) is 0 Å². The SMILES string of the molecule is O=C(NC[C@@H](O)[C@@H]1Cc2ccc(O)cc2CN1)c1cc(NC2CCCCC2)ncn1. The van der Waals surface area contributed by atoms with Crippen molar-refractivity contribution in [2.45, 2.75) is 63.3 Å². The van der Waals surface area contributed by atoms with Crippen molar-refractivity contribution in [2.24, 2.45) is 0 Å². The van der Waals surface area contributed by atoms with Crippen LogP contribution in [0.1, 0.15) is 53.7 Å². The fourth-order valence-corrected chi connectivity index (χ4v) is 4.24. The molecule has 4 rings (SSSR count). The molecule has 2 heterocycles. The Morgan fingerprint density at radius 3 is 2.83 bits per heavy atom. The zero-order valence-electron chi connectivity index (χ0n) is 17.0. The lowest BCUT2D eigenvalue weighted by atomic mass is 9.92. The molecule has 0 bridgehead atoms. The average Bonchev–Trinajstić information content (AvgIpc) is 2.77. The molecule has 1 saturated carbocycles. The summed E-state index contributed by atoms with van der Waals surface area (Å²) in [4.78, 5) is 20.8.